The van der Waals surface area contributed by atoms with E-state index >= 15 is 0 Å². The van der Waals surface area contributed by atoms with Crippen molar-refractivity contribution in [1.29, 1.82) is 0 Å². The molecule has 0 spiro atoms. The number of rotatable bonds is 9. The number of hydrogen-bond donors (Lipinski definition) is 3. The second-order valence-corrected chi connectivity index (χ2v) is 9.32. The summed E-state index contributed by atoms with van der Waals surface area (Å²) >= 11 is 0. The van der Waals surface area contributed by atoms with Gasteiger partial charge in [0.15, 0.2) is 5.96 Å². The molecule has 0 saturated carbocycles. The van der Waals surface area contributed by atoms with Gasteiger partial charge in [-0.05, 0) is 44.9 Å². The molecule has 0 aromatic heterocycles. The summed E-state index contributed by atoms with van der Waals surface area (Å²) in [5, 5.41) is 17.2. The monoisotopic (exact) mass is 570 g/mol. The van der Waals surface area contributed by atoms with E-state index in [0.29, 0.717) is 55.5 Å². The van der Waals surface area contributed by atoms with Crippen molar-refractivity contribution in [2.75, 3.05) is 46.2 Å². The van der Waals surface area contributed by atoms with E-state index < -0.39 is 16.1 Å². The number of hydrogen-bond acceptors (Lipinski definition) is 6. The number of aliphatic hydroxyl groups is 1. The van der Waals surface area contributed by atoms with Gasteiger partial charge in [0.1, 0.15) is 17.6 Å². The Labute approximate surface area is 202 Å². The Morgan fingerprint density at radius 2 is 1.94 bits per heavy atom. The van der Waals surface area contributed by atoms with Crippen LogP contribution in [0.5, 0.6) is 11.5 Å². The number of aliphatic imine (C=N–C) groups is 1. The maximum atomic E-state index is 12.0. The molecule has 1 aliphatic rings. The van der Waals surface area contributed by atoms with Crippen LogP contribution in [0, 0.1) is 0 Å². The number of ether oxygens (including phenoxy) is 2. The summed E-state index contributed by atoms with van der Waals surface area (Å²) in [6.07, 6.45) is 0.549. The Morgan fingerprint density at radius 3 is 2.48 bits per heavy atom. The van der Waals surface area contributed by atoms with Crippen LogP contribution in [0.4, 0.5) is 0 Å². The topological polar surface area (TPSA) is 112 Å². The van der Waals surface area contributed by atoms with Crippen molar-refractivity contribution in [3.8, 4) is 11.5 Å². The van der Waals surface area contributed by atoms with E-state index in [1.54, 1.807) is 43.6 Å². The second-order valence-electron chi connectivity index (χ2n) is 7.06. The summed E-state index contributed by atoms with van der Waals surface area (Å²) in [6, 6.07) is 5.38. The summed E-state index contributed by atoms with van der Waals surface area (Å²) < 4.78 is 36.2. The molecule has 31 heavy (non-hydrogen) atoms. The van der Waals surface area contributed by atoms with Gasteiger partial charge in [-0.25, -0.2) is 12.7 Å². The predicted octanol–water partition coefficient (Wildman–Crippen LogP) is 1.72. The molecule has 0 radical (unpaired) electrons. The maximum absolute atomic E-state index is 12.0. The Bertz CT molecular complexity index is 814. The van der Waals surface area contributed by atoms with Gasteiger partial charge in [0.2, 0.25) is 10.0 Å². The van der Waals surface area contributed by atoms with Crippen LogP contribution in [-0.4, -0.2) is 76.0 Å². The standard InChI is InChI=1S/C20H34N4O5S.HI/c1-5-21-20(23-15-9-11-24(12-10-15)30(26,27)6-2)22-14-18(25)17-13-16(28-3)7-8-19(17)29-4;/h7-8,13,15,18,25H,5-6,9-12,14H2,1-4H3,(H2,21,22,23);1H. The molecule has 178 valence electrons. The highest BCUT2D eigenvalue weighted by molar-refractivity contribution is 14.0. The number of aliphatic hydroxyl groups excluding tert-OH is 1. The van der Waals surface area contributed by atoms with Gasteiger partial charge in [0.25, 0.3) is 0 Å². The second kappa shape index (κ2) is 13.3. The van der Waals surface area contributed by atoms with Crippen LogP contribution >= 0.6 is 24.0 Å². The molecule has 1 aliphatic heterocycles. The molecule has 1 aromatic carbocycles. The molecule has 9 nitrogen and oxygen atoms in total. The number of guanidine groups is 1. The number of sulfonamides is 1. The molecule has 11 heteroatoms. The first-order valence-electron chi connectivity index (χ1n) is 10.3. The van der Waals surface area contributed by atoms with Crippen molar-refractivity contribution in [1.82, 2.24) is 14.9 Å². The molecule has 1 fully saturated rings. The first kappa shape index (κ1) is 27.7. The normalized spacial score (nSPS) is 16.9. The number of piperidine rings is 1. The average molecular weight is 570 g/mol. The largest absolute Gasteiger partial charge is 0.497 e. The van der Waals surface area contributed by atoms with Gasteiger partial charge in [-0.15, -0.1) is 24.0 Å². The fourth-order valence-corrected chi connectivity index (χ4v) is 4.48. The van der Waals surface area contributed by atoms with Crippen molar-refractivity contribution >= 4 is 40.0 Å². The zero-order valence-electron chi connectivity index (χ0n) is 18.6. The van der Waals surface area contributed by atoms with Gasteiger partial charge < -0.3 is 25.2 Å². The first-order chi connectivity index (χ1) is 14.3. The maximum Gasteiger partial charge on any atom is 0.213 e. The Morgan fingerprint density at radius 1 is 1.26 bits per heavy atom. The van der Waals surface area contributed by atoms with E-state index in [-0.39, 0.29) is 42.3 Å². The van der Waals surface area contributed by atoms with E-state index in [1.165, 1.54) is 0 Å². The predicted molar refractivity (Wildman–Crippen MR) is 133 cm³/mol. The molecule has 2 rings (SSSR count). The number of benzene rings is 1. The Kier molecular flexibility index (Phi) is 11.9. The van der Waals surface area contributed by atoms with Gasteiger partial charge in [-0.2, -0.15) is 0 Å². The molecule has 3 N–H and O–H groups in total. The van der Waals surface area contributed by atoms with Crippen LogP contribution in [-0.2, 0) is 10.0 Å². The zero-order valence-corrected chi connectivity index (χ0v) is 21.8. The van der Waals surface area contributed by atoms with Crippen molar-refractivity contribution < 1.29 is 23.0 Å². The molecule has 1 saturated heterocycles. The van der Waals surface area contributed by atoms with Gasteiger partial charge in [-0.3, -0.25) is 4.99 Å². The number of nitrogens with zero attached hydrogens (tertiary/aromatic N) is 2. The molecular weight excluding hydrogens is 535 g/mol. The highest BCUT2D eigenvalue weighted by atomic mass is 127. The third-order valence-corrected chi connectivity index (χ3v) is 7.00. The summed E-state index contributed by atoms with van der Waals surface area (Å²) in [6.45, 7) is 5.44. The van der Waals surface area contributed by atoms with E-state index in [0.717, 1.165) is 0 Å². The van der Waals surface area contributed by atoms with E-state index in [2.05, 4.69) is 15.6 Å². The minimum atomic E-state index is -3.14. The molecule has 1 atom stereocenters. The van der Waals surface area contributed by atoms with E-state index in [4.69, 9.17) is 9.47 Å². The molecule has 1 unspecified atom stereocenters. The molecule has 0 aliphatic carbocycles. The zero-order chi connectivity index (χ0) is 22.1. The lowest BCUT2D eigenvalue weighted by atomic mass is 10.1. The first-order valence-corrected chi connectivity index (χ1v) is 11.9. The molecular formula is C20H35IN4O5S. The smallest absolute Gasteiger partial charge is 0.213 e. The van der Waals surface area contributed by atoms with Gasteiger partial charge >= 0.3 is 0 Å². The number of nitrogens with one attached hydrogen (secondary N) is 2. The quantitative estimate of drug-likeness (QED) is 0.236. The third kappa shape index (κ3) is 7.95. The summed E-state index contributed by atoms with van der Waals surface area (Å²) in [7, 11) is -0.0200. The lowest BCUT2D eigenvalue weighted by Crippen LogP contribution is -2.50. The summed E-state index contributed by atoms with van der Waals surface area (Å²) in [5.41, 5.74) is 0.606. The molecule has 0 bridgehead atoms. The summed E-state index contributed by atoms with van der Waals surface area (Å²) in [5.74, 6) is 1.92. The van der Waals surface area contributed by atoms with Gasteiger partial charge in [-0.1, -0.05) is 0 Å². The third-order valence-electron chi connectivity index (χ3n) is 5.12. The molecule has 0 amide bonds. The SMILES string of the molecule is CCNC(=NCC(O)c1cc(OC)ccc1OC)NC1CCN(S(=O)(=O)CC)CC1.I. The van der Waals surface area contributed by atoms with E-state index in [1.807, 2.05) is 6.92 Å². The van der Waals surface area contributed by atoms with Crippen LogP contribution in [0.3, 0.4) is 0 Å². The van der Waals surface area contributed by atoms with Crippen molar-refractivity contribution in [2.45, 2.75) is 38.8 Å². The van der Waals surface area contributed by atoms with Crippen molar-refractivity contribution in [3.05, 3.63) is 23.8 Å². The Hall–Kier alpha value is -1.31. The van der Waals surface area contributed by atoms with Crippen molar-refractivity contribution in [3.63, 3.8) is 0 Å². The minimum absolute atomic E-state index is 0. The van der Waals surface area contributed by atoms with Crippen LogP contribution in [0.2, 0.25) is 0 Å². The highest BCUT2D eigenvalue weighted by Gasteiger charge is 2.27. The minimum Gasteiger partial charge on any atom is -0.497 e. The van der Waals surface area contributed by atoms with Crippen LogP contribution in [0.15, 0.2) is 23.2 Å². The highest BCUT2D eigenvalue weighted by Crippen LogP contribution is 2.29. The lowest BCUT2D eigenvalue weighted by molar-refractivity contribution is 0.182. The van der Waals surface area contributed by atoms with E-state index in [9.17, 15) is 13.5 Å². The Balaban J connectivity index is 0.00000480. The molecule has 1 aromatic rings. The van der Waals surface area contributed by atoms with Gasteiger partial charge in [0, 0.05) is 31.2 Å². The number of halogens is 1. The summed E-state index contributed by atoms with van der Waals surface area (Å²) in [4.78, 5) is 4.51. The molecule has 1 heterocycles. The lowest BCUT2D eigenvalue weighted by Gasteiger charge is -2.32. The fraction of sp³-hybridized carbons (Fsp3) is 0.650. The van der Waals surface area contributed by atoms with Crippen LogP contribution in [0.1, 0.15) is 38.4 Å². The van der Waals surface area contributed by atoms with Crippen LogP contribution < -0.4 is 20.1 Å². The van der Waals surface area contributed by atoms with Gasteiger partial charge in [0.05, 0.1) is 26.5 Å². The average Bonchev–Trinajstić information content (AvgIpc) is 2.77. The fourth-order valence-electron chi connectivity index (χ4n) is 3.35. The number of methoxy groups -OCH3 is 2. The van der Waals surface area contributed by atoms with Crippen LogP contribution in [0.25, 0.3) is 0 Å². The van der Waals surface area contributed by atoms with Crippen molar-refractivity contribution in [2.24, 2.45) is 4.99 Å².